The van der Waals surface area contributed by atoms with E-state index in [-0.39, 0.29) is 17.4 Å². The number of fused-ring (bicyclic) bond motifs is 3. The van der Waals surface area contributed by atoms with Gasteiger partial charge in [-0.05, 0) is 45.8 Å². The Kier molecular flexibility index (Phi) is 2.59. The molecule has 0 amide bonds. The highest BCUT2D eigenvalue weighted by Gasteiger charge is 2.12. The maximum atomic E-state index is 10.2. The maximum Gasteiger partial charge on any atom is 0.124 e. The van der Waals surface area contributed by atoms with Crippen LogP contribution in [0, 0.1) is 0 Å². The topological polar surface area (TPSA) is 40.5 Å². The summed E-state index contributed by atoms with van der Waals surface area (Å²) in [6.07, 6.45) is 0. The van der Waals surface area contributed by atoms with E-state index in [1.807, 2.05) is 24.3 Å². The van der Waals surface area contributed by atoms with Crippen LogP contribution in [-0.2, 0) is 0 Å². The minimum absolute atomic E-state index is 0.270. The van der Waals surface area contributed by atoms with Crippen molar-refractivity contribution in [3.63, 3.8) is 0 Å². The van der Waals surface area contributed by atoms with Gasteiger partial charge in [0.2, 0.25) is 0 Å². The van der Waals surface area contributed by atoms with Gasteiger partial charge in [0.15, 0.2) is 0 Å². The Hall–Kier alpha value is -2.22. The number of hydrogen-bond acceptors (Lipinski definition) is 2. The molecule has 0 aromatic heterocycles. The van der Waals surface area contributed by atoms with E-state index < -0.39 is 0 Å². The first kappa shape index (κ1) is 11.8. The predicted octanol–water partition coefficient (Wildman–Crippen LogP) is 4.53. The molecule has 3 rings (SSSR count). The van der Waals surface area contributed by atoms with E-state index in [1.54, 1.807) is 18.2 Å². The van der Waals surface area contributed by atoms with Gasteiger partial charge in [-0.2, -0.15) is 0 Å². The minimum Gasteiger partial charge on any atom is -0.508 e. The van der Waals surface area contributed by atoms with Gasteiger partial charge in [-0.15, -0.1) is 0 Å². The lowest BCUT2D eigenvalue weighted by Crippen LogP contribution is -1.90. The van der Waals surface area contributed by atoms with Crippen molar-refractivity contribution < 1.29 is 10.2 Å². The van der Waals surface area contributed by atoms with Gasteiger partial charge >= 0.3 is 0 Å². The molecule has 3 aromatic rings. The summed E-state index contributed by atoms with van der Waals surface area (Å²) in [6, 6.07) is 13.1. The standard InChI is InChI=1S/C17H16O2/c1-10(2)14-7-11(18)8-15-12-5-3-4-6-13(12)17(19)9-16(14)15/h3-10,18-19H,1-2H3. The summed E-state index contributed by atoms with van der Waals surface area (Å²) in [5, 5.41) is 23.9. The normalized spacial score (nSPS) is 11.5. The van der Waals surface area contributed by atoms with Gasteiger partial charge < -0.3 is 10.2 Å². The Morgan fingerprint density at radius 3 is 2.16 bits per heavy atom. The molecule has 3 aromatic carbocycles. The zero-order valence-corrected chi connectivity index (χ0v) is 11.0. The summed E-state index contributed by atoms with van der Waals surface area (Å²) in [6.45, 7) is 4.17. The second-order valence-electron chi connectivity index (χ2n) is 5.23. The molecule has 96 valence electrons. The Labute approximate surface area is 111 Å². The molecule has 2 N–H and O–H groups in total. The van der Waals surface area contributed by atoms with Crippen LogP contribution in [0.15, 0.2) is 42.5 Å². The monoisotopic (exact) mass is 252 g/mol. The van der Waals surface area contributed by atoms with Crippen molar-refractivity contribution in [3.05, 3.63) is 48.0 Å². The zero-order chi connectivity index (χ0) is 13.6. The highest BCUT2D eigenvalue weighted by molar-refractivity contribution is 6.11. The van der Waals surface area contributed by atoms with E-state index in [1.165, 1.54) is 0 Å². The lowest BCUT2D eigenvalue weighted by atomic mass is 9.92. The third-order valence-corrected chi connectivity index (χ3v) is 3.59. The van der Waals surface area contributed by atoms with E-state index in [9.17, 15) is 10.2 Å². The molecule has 0 bridgehead atoms. The van der Waals surface area contributed by atoms with Gasteiger partial charge in [-0.25, -0.2) is 0 Å². The summed E-state index contributed by atoms with van der Waals surface area (Å²) in [4.78, 5) is 0. The molecular weight excluding hydrogens is 236 g/mol. The molecule has 2 nitrogen and oxygen atoms in total. The number of phenols is 2. The quantitative estimate of drug-likeness (QED) is 0.625. The molecule has 0 radical (unpaired) electrons. The summed E-state index contributed by atoms with van der Waals surface area (Å²) < 4.78 is 0. The van der Waals surface area contributed by atoms with Gasteiger partial charge in [0, 0.05) is 5.39 Å². The van der Waals surface area contributed by atoms with Crippen LogP contribution in [0.2, 0.25) is 0 Å². The molecule has 0 spiro atoms. The van der Waals surface area contributed by atoms with Crippen LogP contribution in [0.5, 0.6) is 11.5 Å². The lowest BCUT2D eigenvalue weighted by molar-refractivity contribution is 0.474. The third kappa shape index (κ3) is 1.80. The SMILES string of the molecule is CC(C)c1cc(O)cc2c1cc(O)c1ccccc12. The van der Waals surface area contributed by atoms with Crippen molar-refractivity contribution >= 4 is 21.5 Å². The van der Waals surface area contributed by atoms with Crippen molar-refractivity contribution in [1.29, 1.82) is 0 Å². The molecule has 0 unspecified atom stereocenters. The number of hydrogen-bond donors (Lipinski definition) is 2. The van der Waals surface area contributed by atoms with Crippen molar-refractivity contribution in [2.24, 2.45) is 0 Å². The Balaban J connectivity index is 2.56. The van der Waals surface area contributed by atoms with E-state index >= 15 is 0 Å². The van der Waals surface area contributed by atoms with E-state index in [4.69, 9.17) is 0 Å². The summed E-state index contributed by atoms with van der Waals surface area (Å²) >= 11 is 0. The van der Waals surface area contributed by atoms with Crippen LogP contribution in [0.1, 0.15) is 25.3 Å². The molecule has 0 fully saturated rings. The lowest BCUT2D eigenvalue weighted by Gasteiger charge is -2.14. The van der Waals surface area contributed by atoms with Gasteiger partial charge in [0.25, 0.3) is 0 Å². The van der Waals surface area contributed by atoms with Gasteiger partial charge in [0.1, 0.15) is 11.5 Å². The molecule has 19 heavy (non-hydrogen) atoms. The van der Waals surface area contributed by atoms with Crippen LogP contribution >= 0.6 is 0 Å². The average Bonchev–Trinajstić information content (AvgIpc) is 2.39. The number of aromatic hydroxyl groups is 2. The molecule has 0 aliphatic rings. The van der Waals surface area contributed by atoms with Gasteiger partial charge in [-0.3, -0.25) is 0 Å². The molecule has 0 heterocycles. The van der Waals surface area contributed by atoms with Gasteiger partial charge in [-0.1, -0.05) is 38.1 Å². The predicted molar refractivity (Wildman–Crippen MR) is 78.9 cm³/mol. The molecular formula is C17H16O2. The van der Waals surface area contributed by atoms with E-state index in [0.717, 1.165) is 27.1 Å². The van der Waals surface area contributed by atoms with Crippen LogP contribution in [0.4, 0.5) is 0 Å². The average molecular weight is 252 g/mol. The van der Waals surface area contributed by atoms with Crippen LogP contribution in [0.3, 0.4) is 0 Å². The highest BCUT2D eigenvalue weighted by Crippen LogP contribution is 2.38. The molecule has 0 saturated carbocycles. The number of benzene rings is 3. The summed E-state index contributed by atoms with van der Waals surface area (Å²) in [5.74, 6) is 0.845. The minimum atomic E-state index is 0.270. The Morgan fingerprint density at radius 2 is 1.47 bits per heavy atom. The molecule has 0 atom stereocenters. The Bertz CT molecular complexity index is 773. The molecule has 0 aliphatic carbocycles. The fourth-order valence-corrected chi connectivity index (χ4v) is 2.68. The molecule has 0 saturated heterocycles. The zero-order valence-electron chi connectivity index (χ0n) is 11.0. The number of phenolic OH excluding ortho intramolecular Hbond substituents is 2. The first-order chi connectivity index (χ1) is 9.08. The van der Waals surface area contributed by atoms with Crippen molar-refractivity contribution in [3.8, 4) is 11.5 Å². The largest absolute Gasteiger partial charge is 0.508 e. The summed E-state index contributed by atoms with van der Waals surface area (Å²) in [5.41, 5.74) is 1.05. The third-order valence-electron chi connectivity index (χ3n) is 3.59. The molecule has 2 heteroatoms. The summed E-state index contributed by atoms with van der Waals surface area (Å²) in [7, 11) is 0. The molecule has 0 aliphatic heterocycles. The highest BCUT2D eigenvalue weighted by atomic mass is 16.3. The first-order valence-electron chi connectivity index (χ1n) is 6.45. The Morgan fingerprint density at radius 1 is 0.789 bits per heavy atom. The van der Waals surface area contributed by atoms with Crippen LogP contribution in [0.25, 0.3) is 21.5 Å². The fraction of sp³-hybridized carbons (Fsp3) is 0.176. The maximum absolute atomic E-state index is 10.2. The van der Waals surface area contributed by atoms with Crippen LogP contribution in [-0.4, -0.2) is 10.2 Å². The first-order valence-corrected chi connectivity index (χ1v) is 6.45. The van der Waals surface area contributed by atoms with E-state index in [0.29, 0.717) is 0 Å². The van der Waals surface area contributed by atoms with Crippen molar-refractivity contribution in [1.82, 2.24) is 0 Å². The van der Waals surface area contributed by atoms with E-state index in [2.05, 4.69) is 13.8 Å². The second kappa shape index (κ2) is 4.16. The van der Waals surface area contributed by atoms with Gasteiger partial charge in [0.05, 0.1) is 0 Å². The second-order valence-corrected chi connectivity index (χ2v) is 5.23. The van der Waals surface area contributed by atoms with Crippen molar-refractivity contribution in [2.75, 3.05) is 0 Å². The van der Waals surface area contributed by atoms with Crippen LogP contribution < -0.4 is 0 Å². The fourth-order valence-electron chi connectivity index (χ4n) is 2.68. The smallest absolute Gasteiger partial charge is 0.124 e. The van der Waals surface area contributed by atoms with Crippen molar-refractivity contribution in [2.45, 2.75) is 19.8 Å². The number of rotatable bonds is 1.